The first-order valence-electron chi connectivity index (χ1n) is 8.05. The zero-order valence-corrected chi connectivity index (χ0v) is 14.9. The summed E-state index contributed by atoms with van der Waals surface area (Å²) >= 11 is 6.07. The van der Waals surface area contributed by atoms with E-state index in [9.17, 15) is 0 Å². The van der Waals surface area contributed by atoms with Crippen molar-refractivity contribution in [3.63, 3.8) is 0 Å². The fourth-order valence-corrected chi connectivity index (χ4v) is 3.13. The first kappa shape index (κ1) is 16.6. The van der Waals surface area contributed by atoms with E-state index in [1.807, 2.05) is 44.7 Å². The summed E-state index contributed by atoms with van der Waals surface area (Å²) in [6.07, 6.45) is 3.75. The van der Waals surface area contributed by atoms with Crippen molar-refractivity contribution in [1.82, 2.24) is 9.55 Å². The van der Waals surface area contributed by atoms with Crippen LogP contribution in [0.5, 0.6) is 5.75 Å². The van der Waals surface area contributed by atoms with Crippen molar-refractivity contribution in [2.75, 3.05) is 6.61 Å². The van der Waals surface area contributed by atoms with Gasteiger partial charge in [-0.1, -0.05) is 35.9 Å². The second-order valence-electron chi connectivity index (χ2n) is 5.87. The van der Waals surface area contributed by atoms with Gasteiger partial charge in [-0.05, 0) is 48.7 Å². The molecule has 1 atom stereocenters. The highest BCUT2D eigenvalue weighted by molar-refractivity contribution is 6.30. The predicted octanol–water partition coefficient (Wildman–Crippen LogP) is 4.96. The van der Waals surface area contributed by atoms with E-state index in [1.54, 1.807) is 0 Å². The minimum absolute atomic E-state index is 0.101. The largest absolute Gasteiger partial charge is 0.494 e. The number of aryl methyl sites for hydroxylation is 2. The van der Waals surface area contributed by atoms with Crippen LogP contribution in [0.15, 0.2) is 55.0 Å². The monoisotopic (exact) mass is 340 g/mol. The van der Waals surface area contributed by atoms with Gasteiger partial charge in [-0.3, -0.25) is 0 Å². The maximum Gasteiger partial charge on any atom is 0.122 e. The van der Waals surface area contributed by atoms with E-state index in [2.05, 4.69) is 40.7 Å². The first-order chi connectivity index (χ1) is 11.6. The van der Waals surface area contributed by atoms with E-state index in [-0.39, 0.29) is 5.92 Å². The average Bonchev–Trinajstić information content (AvgIpc) is 2.98. The molecule has 0 fully saturated rings. The van der Waals surface area contributed by atoms with Gasteiger partial charge in [0.1, 0.15) is 5.75 Å². The van der Waals surface area contributed by atoms with Crippen LogP contribution in [0, 0.1) is 6.92 Å². The van der Waals surface area contributed by atoms with Crippen LogP contribution in [0.2, 0.25) is 5.02 Å². The van der Waals surface area contributed by atoms with E-state index < -0.39 is 0 Å². The topological polar surface area (TPSA) is 27.1 Å². The average molecular weight is 341 g/mol. The zero-order chi connectivity index (χ0) is 17.1. The van der Waals surface area contributed by atoms with Crippen molar-refractivity contribution in [1.29, 1.82) is 0 Å². The molecule has 0 saturated heterocycles. The van der Waals surface area contributed by atoms with Crippen molar-refractivity contribution in [2.45, 2.75) is 19.8 Å². The highest BCUT2D eigenvalue weighted by atomic mass is 35.5. The van der Waals surface area contributed by atoms with E-state index in [4.69, 9.17) is 16.3 Å². The van der Waals surface area contributed by atoms with E-state index in [0.29, 0.717) is 6.61 Å². The fourth-order valence-electron chi connectivity index (χ4n) is 3.00. The lowest BCUT2D eigenvalue weighted by Crippen LogP contribution is -2.08. The van der Waals surface area contributed by atoms with Gasteiger partial charge in [-0.2, -0.15) is 0 Å². The minimum atomic E-state index is 0.101. The molecule has 1 heterocycles. The normalized spacial score (nSPS) is 12.2. The molecule has 1 unspecified atom stereocenters. The maximum atomic E-state index is 6.07. The van der Waals surface area contributed by atoms with Gasteiger partial charge in [-0.15, -0.1) is 0 Å². The summed E-state index contributed by atoms with van der Waals surface area (Å²) in [6, 6.07) is 14.4. The molecular weight excluding hydrogens is 320 g/mol. The summed E-state index contributed by atoms with van der Waals surface area (Å²) in [6.45, 7) is 4.75. The summed E-state index contributed by atoms with van der Waals surface area (Å²) in [4.78, 5) is 4.29. The summed E-state index contributed by atoms with van der Waals surface area (Å²) in [7, 11) is 2.02. The molecule has 2 aromatic carbocycles. The number of nitrogens with zero attached hydrogens (tertiary/aromatic N) is 2. The molecule has 0 aliphatic heterocycles. The van der Waals surface area contributed by atoms with Crippen LogP contribution < -0.4 is 4.74 Å². The van der Waals surface area contributed by atoms with E-state index in [0.717, 1.165) is 22.0 Å². The summed E-state index contributed by atoms with van der Waals surface area (Å²) in [5, 5.41) is 0.741. The van der Waals surface area contributed by atoms with Gasteiger partial charge in [-0.25, -0.2) is 4.98 Å². The summed E-state index contributed by atoms with van der Waals surface area (Å²) < 4.78 is 7.73. The Bertz CT molecular complexity index is 824. The van der Waals surface area contributed by atoms with Crippen LogP contribution in [0.4, 0.5) is 0 Å². The smallest absolute Gasteiger partial charge is 0.122 e. The third-order valence-electron chi connectivity index (χ3n) is 4.19. The Morgan fingerprint density at radius 1 is 1.12 bits per heavy atom. The molecule has 0 amide bonds. The Balaban J connectivity index is 2.10. The third-order valence-corrected chi connectivity index (χ3v) is 4.44. The number of aromatic nitrogens is 2. The highest BCUT2D eigenvalue weighted by Gasteiger charge is 2.20. The number of rotatable bonds is 5. The molecule has 0 bridgehead atoms. The molecule has 124 valence electrons. The van der Waals surface area contributed by atoms with Gasteiger partial charge in [0.15, 0.2) is 0 Å². The SMILES string of the molecule is CCOc1ccc(C(c2ccc(Cl)cc2)c2cncn2C)cc1C. The highest BCUT2D eigenvalue weighted by Crippen LogP contribution is 2.34. The minimum Gasteiger partial charge on any atom is -0.494 e. The lowest BCUT2D eigenvalue weighted by molar-refractivity contribution is 0.338. The van der Waals surface area contributed by atoms with Crippen LogP contribution in [-0.4, -0.2) is 16.2 Å². The molecule has 3 aromatic rings. The maximum absolute atomic E-state index is 6.07. The van der Waals surface area contributed by atoms with E-state index in [1.165, 1.54) is 11.1 Å². The van der Waals surface area contributed by atoms with Crippen molar-refractivity contribution < 1.29 is 4.74 Å². The third kappa shape index (κ3) is 3.31. The van der Waals surface area contributed by atoms with Crippen molar-refractivity contribution in [3.05, 3.63) is 82.4 Å². The Morgan fingerprint density at radius 2 is 1.83 bits per heavy atom. The molecule has 3 rings (SSSR count). The second kappa shape index (κ2) is 7.10. The Morgan fingerprint density at radius 3 is 2.42 bits per heavy atom. The molecule has 0 saturated carbocycles. The number of halogens is 1. The van der Waals surface area contributed by atoms with Gasteiger partial charge in [0, 0.05) is 24.0 Å². The standard InChI is InChI=1S/C20H21ClN2O/c1-4-24-19-10-7-16(11-14(19)2)20(18-12-22-13-23(18)3)15-5-8-17(21)9-6-15/h5-13,20H,4H2,1-3H3. The molecule has 0 N–H and O–H groups in total. The zero-order valence-electron chi connectivity index (χ0n) is 14.2. The van der Waals surface area contributed by atoms with Gasteiger partial charge >= 0.3 is 0 Å². The van der Waals surface area contributed by atoms with Crippen LogP contribution in [0.1, 0.15) is 35.2 Å². The molecular formula is C20H21ClN2O. The van der Waals surface area contributed by atoms with Crippen molar-refractivity contribution in [2.24, 2.45) is 7.05 Å². The molecule has 24 heavy (non-hydrogen) atoms. The second-order valence-corrected chi connectivity index (χ2v) is 6.31. The van der Waals surface area contributed by atoms with Crippen LogP contribution in [0.25, 0.3) is 0 Å². The number of imidazole rings is 1. The quantitative estimate of drug-likeness (QED) is 0.656. The lowest BCUT2D eigenvalue weighted by atomic mass is 9.88. The number of benzene rings is 2. The molecule has 3 nitrogen and oxygen atoms in total. The molecule has 0 aliphatic rings. The first-order valence-corrected chi connectivity index (χ1v) is 8.43. The van der Waals surface area contributed by atoms with Crippen molar-refractivity contribution in [3.8, 4) is 5.75 Å². The fraction of sp³-hybridized carbons (Fsp3) is 0.250. The number of hydrogen-bond acceptors (Lipinski definition) is 2. The molecule has 4 heteroatoms. The predicted molar refractivity (Wildman–Crippen MR) is 98.0 cm³/mol. The molecule has 1 aromatic heterocycles. The summed E-state index contributed by atoms with van der Waals surface area (Å²) in [5.41, 5.74) is 4.67. The lowest BCUT2D eigenvalue weighted by Gasteiger charge is -2.20. The Labute approximate surface area is 147 Å². The van der Waals surface area contributed by atoms with Gasteiger partial charge in [0.25, 0.3) is 0 Å². The van der Waals surface area contributed by atoms with Crippen molar-refractivity contribution >= 4 is 11.6 Å². The van der Waals surface area contributed by atoms with Gasteiger partial charge in [0.2, 0.25) is 0 Å². The summed E-state index contributed by atoms with van der Waals surface area (Å²) in [5.74, 6) is 1.03. The number of hydrogen-bond donors (Lipinski definition) is 0. The van der Waals surface area contributed by atoms with Crippen LogP contribution in [-0.2, 0) is 7.05 Å². The molecule has 0 spiro atoms. The van der Waals surface area contributed by atoms with Gasteiger partial charge in [0.05, 0.1) is 18.9 Å². The Kier molecular flexibility index (Phi) is 4.91. The van der Waals surface area contributed by atoms with Crippen LogP contribution in [0.3, 0.4) is 0 Å². The van der Waals surface area contributed by atoms with Gasteiger partial charge < -0.3 is 9.30 Å². The molecule has 0 radical (unpaired) electrons. The number of ether oxygens (including phenoxy) is 1. The molecule has 0 aliphatic carbocycles. The van der Waals surface area contributed by atoms with Crippen LogP contribution >= 0.6 is 11.6 Å². The Hall–Kier alpha value is -2.26. The van der Waals surface area contributed by atoms with E-state index >= 15 is 0 Å².